The van der Waals surface area contributed by atoms with Crippen molar-refractivity contribution in [3.63, 3.8) is 0 Å². The molecule has 0 saturated carbocycles. The summed E-state index contributed by atoms with van der Waals surface area (Å²) in [5.74, 6) is 1.70. The van der Waals surface area contributed by atoms with E-state index in [1.165, 1.54) is 0 Å². The van der Waals surface area contributed by atoms with Crippen molar-refractivity contribution in [3.05, 3.63) is 23.2 Å². The van der Waals surface area contributed by atoms with Crippen LogP contribution in [-0.2, 0) is 11.3 Å². The number of rotatable bonds is 5. The van der Waals surface area contributed by atoms with Gasteiger partial charge in [0, 0.05) is 25.8 Å². The molecule has 0 aromatic carbocycles. The minimum absolute atomic E-state index is 0.199. The number of urea groups is 1. The first kappa shape index (κ1) is 12.6. The fourth-order valence-corrected chi connectivity index (χ4v) is 1.36. The highest BCUT2D eigenvalue weighted by atomic mass is 16.5. The van der Waals surface area contributed by atoms with Gasteiger partial charge < -0.3 is 19.8 Å². The van der Waals surface area contributed by atoms with Gasteiger partial charge in [-0.2, -0.15) is 0 Å². The minimum Gasteiger partial charge on any atom is -0.466 e. The maximum atomic E-state index is 11.3. The number of methoxy groups -OCH3 is 1. The van der Waals surface area contributed by atoms with Gasteiger partial charge in [0.2, 0.25) is 0 Å². The molecule has 0 aliphatic carbocycles. The van der Waals surface area contributed by atoms with E-state index in [0.717, 1.165) is 17.1 Å². The van der Waals surface area contributed by atoms with Crippen LogP contribution < -0.4 is 10.6 Å². The van der Waals surface area contributed by atoms with Crippen LogP contribution in [0, 0.1) is 13.8 Å². The SMILES string of the molecule is COCCNC(=O)NCc1cc(C)oc1C. The fourth-order valence-electron chi connectivity index (χ4n) is 1.36. The Bertz CT molecular complexity index is 347. The van der Waals surface area contributed by atoms with Crippen LogP contribution in [0.5, 0.6) is 0 Å². The molecule has 1 heterocycles. The molecule has 2 amide bonds. The molecule has 90 valence electrons. The third kappa shape index (κ3) is 3.94. The Balaban J connectivity index is 2.29. The van der Waals surface area contributed by atoms with E-state index in [1.54, 1.807) is 7.11 Å². The Hall–Kier alpha value is -1.49. The molecule has 0 saturated heterocycles. The van der Waals surface area contributed by atoms with Crippen molar-refractivity contribution in [2.45, 2.75) is 20.4 Å². The maximum Gasteiger partial charge on any atom is 0.315 e. The first-order valence-electron chi connectivity index (χ1n) is 5.20. The van der Waals surface area contributed by atoms with Gasteiger partial charge in [0.1, 0.15) is 11.5 Å². The van der Waals surface area contributed by atoms with E-state index in [9.17, 15) is 4.79 Å². The molecule has 2 N–H and O–H groups in total. The molecule has 0 unspecified atom stereocenters. The van der Waals surface area contributed by atoms with Crippen molar-refractivity contribution in [1.82, 2.24) is 10.6 Å². The smallest absolute Gasteiger partial charge is 0.315 e. The highest BCUT2D eigenvalue weighted by Gasteiger charge is 2.05. The summed E-state index contributed by atoms with van der Waals surface area (Å²) < 4.78 is 10.2. The number of carbonyl (C=O) groups excluding carboxylic acids is 1. The van der Waals surface area contributed by atoms with Crippen molar-refractivity contribution in [1.29, 1.82) is 0 Å². The molecule has 0 atom stereocenters. The largest absolute Gasteiger partial charge is 0.466 e. The Labute approximate surface area is 95.2 Å². The Morgan fingerprint density at radius 2 is 2.19 bits per heavy atom. The highest BCUT2D eigenvalue weighted by Crippen LogP contribution is 2.12. The van der Waals surface area contributed by atoms with Gasteiger partial charge in [0.15, 0.2) is 0 Å². The van der Waals surface area contributed by atoms with Crippen LogP contribution >= 0.6 is 0 Å². The molecule has 1 aromatic heterocycles. The Morgan fingerprint density at radius 1 is 1.44 bits per heavy atom. The lowest BCUT2D eigenvalue weighted by Gasteiger charge is -2.06. The quantitative estimate of drug-likeness (QED) is 0.745. The van der Waals surface area contributed by atoms with Crippen molar-refractivity contribution >= 4 is 6.03 Å². The molecule has 0 radical (unpaired) electrons. The third-order valence-electron chi connectivity index (χ3n) is 2.17. The first-order chi connectivity index (χ1) is 7.63. The van der Waals surface area contributed by atoms with Crippen LogP contribution in [0.25, 0.3) is 0 Å². The van der Waals surface area contributed by atoms with Crippen LogP contribution in [0.15, 0.2) is 10.5 Å². The molecule has 0 spiro atoms. The second-order valence-corrected chi connectivity index (χ2v) is 3.54. The maximum absolute atomic E-state index is 11.3. The molecule has 0 aliphatic rings. The van der Waals surface area contributed by atoms with Crippen LogP contribution in [0.3, 0.4) is 0 Å². The topological polar surface area (TPSA) is 63.5 Å². The number of furan rings is 1. The van der Waals surface area contributed by atoms with Gasteiger partial charge in [-0.15, -0.1) is 0 Å². The van der Waals surface area contributed by atoms with E-state index in [0.29, 0.717) is 19.7 Å². The van der Waals surface area contributed by atoms with Crippen molar-refractivity contribution in [2.24, 2.45) is 0 Å². The van der Waals surface area contributed by atoms with E-state index < -0.39 is 0 Å². The number of hydrogen-bond acceptors (Lipinski definition) is 3. The first-order valence-corrected chi connectivity index (χ1v) is 5.20. The lowest BCUT2D eigenvalue weighted by atomic mass is 10.2. The molecule has 5 heteroatoms. The molecule has 1 rings (SSSR count). The number of amides is 2. The molecule has 0 fully saturated rings. The average molecular weight is 226 g/mol. The zero-order valence-corrected chi connectivity index (χ0v) is 9.92. The van der Waals surface area contributed by atoms with Gasteiger partial charge >= 0.3 is 6.03 Å². The zero-order valence-electron chi connectivity index (χ0n) is 9.92. The fraction of sp³-hybridized carbons (Fsp3) is 0.545. The highest BCUT2D eigenvalue weighted by molar-refractivity contribution is 5.73. The summed E-state index contributed by atoms with van der Waals surface area (Å²) in [7, 11) is 1.59. The number of ether oxygens (including phenoxy) is 1. The summed E-state index contributed by atoms with van der Waals surface area (Å²) in [4.78, 5) is 11.3. The van der Waals surface area contributed by atoms with Crippen molar-refractivity contribution < 1.29 is 13.9 Å². The lowest BCUT2D eigenvalue weighted by molar-refractivity contribution is 0.196. The molecule has 0 aliphatic heterocycles. The van der Waals surface area contributed by atoms with Crippen molar-refractivity contribution in [2.75, 3.05) is 20.3 Å². The van der Waals surface area contributed by atoms with E-state index in [-0.39, 0.29) is 6.03 Å². The van der Waals surface area contributed by atoms with E-state index >= 15 is 0 Å². The zero-order chi connectivity index (χ0) is 12.0. The number of nitrogens with one attached hydrogen (secondary N) is 2. The summed E-state index contributed by atoms with van der Waals surface area (Å²) in [5.41, 5.74) is 0.999. The second kappa shape index (κ2) is 6.17. The van der Waals surface area contributed by atoms with Gasteiger partial charge in [-0.05, 0) is 19.9 Å². The molecule has 16 heavy (non-hydrogen) atoms. The molecule has 5 nitrogen and oxygen atoms in total. The number of aryl methyl sites for hydroxylation is 2. The molecular formula is C11H18N2O3. The normalized spacial score (nSPS) is 10.2. The van der Waals surface area contributed by atoms with Crippen LogP contribution in [-0.4, -0.2) is 26.3 Å². The number of hydrogen-bond donors (Lipinski definition) is 2. The van der Waals surface area contributed by atoms with Crippen LogP contribution in [0.4, 0.5) is 4.79 Å². The summed E-state index contributed by atoms with van der Waals surface area (Å²) in [6, 6.07) is 1.72. The second-order valence-electron chi connectivity index (χ2n) is 3.54. The predicted octanol–water partition coefficient (Wildman–Crippen LogP) is 1.34. The van der Waals surface area contributed by atoms with E-state index in [4.69, 9.17) is 9.15 Å². The van der Waals surface area contributed by atoms with Gasteiger partial charge in [-0.3, -0.25) is 0 Å². The van der Waals surface area contributed by atoms with Crippen LogP contribution in [0.1, 0.15) is 17.1 Å². The van der Waals surface area contributed by atoms with Crippen LogP contribution in [0.2, 0.25) is 0 Å². The molecular weight excluding hydrogens is 208 g/mol. The third-order valence-corrected chi connectivity index (χ3v) is 2.17. The lowest BCUT2D eigenvalue weighted by Crippen LogP contribution is -2.36. The summed E-state index contributed by atoms with van der Waals surface area (Å²) in [5, 5.41) is 5.42. The van der Waals surface area contributed by atoms with E-state index in [1.807, 2.05) is 19.9 Å². The van der Waals surface area contributed by atoms with Gasteiger partial charge in [-0.1, -0.05) is 0 Å². The molecule has 1 aromatic rings. The van der Waals surface area contributed by atoms with Gasteiger partial charge in [-0.25, -0.2) is 4.79 Å². The van der Waals surface area contributed by atoms with Gasteiger partial charge in [0.05, 0.1) is 6.61 Å². The summed E-state index contributed by atoms with van der Waals surface area (Å²) in [6.45, 7) is 5.26. The standard InChI is InChI=1S/C11H18N2O3/c1-8-6-10(9(2)16-8)7-13-11(14)12-4-5-15-3/h6H,4-5,7H2,1-3H3,(H2,12,13,14). The minimum atomic E-state index is -0.199. The van der Waals surface area contributed by atoms with Crippen molar-refractivity contribution in [3.8, 4) is 0 Å². The average Bonchev–Trinajstić information content (AvgIpc) is 2.55. The summed E-state index contributed by atoms with van der Waals surface area (Å²) in [6.07, 6.45) is 0. The van der Waals surface area contributed by atoms with E-state index in [2.05, 4.69) is 10.6 Å². The monoisotopic (exact) mass is 226 g/mol. The summed E-state index contributed by atoms with van der Waals surface area (Å²) >= 11 is 0. The number of carbonyl (C=O) groups is 1. The Morgan fingerprint density at radius 3 is 2.75 bits per heavy atom. The Kier molecular flexibility index (Phi) is 4.85. The molecule has 0 bridgehead atoms. The van der Waals surface area contributed by atoms with Gasteiger partial charge in [0.25, 0.3) is 0 Å². The predicted molar refractivity (Wildman–Crippen MR) is 60.3 cm³/mol.